The van der Waals surface area contributed by atoms with Crippen molar-refractivity contribution in [2.24, 2.45) is 0 Å². The Morgan fingerprint density at radius 1 is 0.926 bits per heavy atom. The van der Waals surface area contributed by atoms with E-state index >= 15 is 0 Å². The fourth-order valence-corrected chi connectivity index (χ4v) is 3.70. The molecule has 2 heterocycles. The Kier molecular flexibility index (Phi) is 5.95. The monoisotopic (exact) mass is 480 g/mol. The number of carbonyl (C=O) groups is 1. The van der Waals surface area contributed by atoms with E-state index in [-0.39, 0.29) is 18.0 Å². The zero-order valence-corrected chi connectivity index (χ0v) is 17.0. The van der Waals surface area contributed by atoms with Crippen LogP contribution in [0, 0.1) is 3.57 Å². The Morgan fingerprint density at radius 3 is 2.22 bits per heavy atom. The van der Waals surface area contributed by atoms with Crippen molar-refractivity contribution in [1.82, 2.24) is 0 Å². The van der Waals surface area contributed by atoms with Gasteiger partial charge >= 0.3 is 0 Å². The lowest BCUT2D eigenvalue weighted by Gasteiger charge is -2.16. The summed E-state index contributed by atoms with van der Waals surface area (Å²) in [6, 6.07) is 13.0. The molecule has 0 amide bonds. The van der Waals surface area contributed by atoms with Crippen LogP contribution in [0.5, 0.6) is 11.5 Å². The molecule has 2 saturated heterocycles. The minimum absolute atomic E-state index is 0.000942. The summed E-state index contributed by atoms with van der Waals surface area (Å²) in [6.07, 6.45) is 1.84. The van der Waals surface area contributed by atoms with Gasteiger partial charge < -0.3 is 18.9 Å². The fourth-order valence-electron chi connectivity index (χ4n) is 3.21. The van der Waals surface area contributed by atoms with Crippen LogP contribution in [-0.2, 0) is 9.47 Å². The van der Waals surface area contributed by atoms with Gasteiger partial charge in [0.25, 0.3) is 0 Å². The number of ketones is 1. The van der Waals surface area contributed by atoms with Crippen molar-refractivity contribution in [1.29, 1.82) is 0 Å². The topological polar surface area (TPSA) is 54.0 Å². The molecule has 0 aliphatic carbocycles. The average molecular weight is 480 g/mol. The third-order valence-electron chi connectivity index (χ3n) is 4.67. The number of ether oxygens (including phenoxy) is 4. The van der Waals surface area contributed by atoms with Crippen LogP contribution in [0.4, 0.5) is 0 Å². The van der Waals surface area contributed by atoms with Gasteiger partial charge in [-0.2, -0.15) is 0 Å². The van der Waals surface area contributed by atoms with Crippen LogP contribution in [-0.4, -0.2) is 44.4 Å². The molecule has 2 atom stereocenters. The lowest BCUT2D eigenvalue weighted by Crippen LogP contribution is -2.18. The van der Waals surface area contributed by atoms with Crippen molar-refractivity contribution < 1.29 is 23.7 Å². The summed E-state index contributed by atoms with van der Waals surface area (Å²) in [4.78, 5) is 13.1. The van der Waals surface area contributed by atoms with Crippen molar-refractivity contribution >= 4 is 28.4 Å². The van der Waals surface area contributed by atoms with Gasteiger partial charge in [0.05, 0.1) is 32.0 Å². The largest absolute Gasteiger partial charge is 0.488 e. The predicted octanol–water partition coefficient (Wildman–Crippen LogP) is 3.86. The molecule has 6 heteroatoms. The highest BCUT2D eigenvalue weighted by Gasteiger charge is 2.22. The second-order valence-electron chi connectivity index (χ2n) is 6.70. The molecule has 2 aromatic rings. The van der Waals surface area contributed by atoms with Gasteiger partial charge in [0, 0.05) is 22.0 Å². The normalized spacial score (nSPS) is 22.0. The molecule has 27 heavy (non-hydrogen) atoms. The molecule has 2 fully saturated rings. The molecule has 4 rings (SSSR count). The van der Waals surface area contributed by atoms with Crippen molar-refractivity contribution in [3.8, 4) is 11.5 Å². The van der Waals surface area contributed by atoms with Gasteiger partial charge in [-0.15, -0.1) is 0 Å². The number of benzene rings is 2. The maximum absolute atomic E-state index is 13.1. The highest BCUT2D eigenvalue weighted by atomic mass is 127. The van der Waals surface area contributed by atoms with Crippen molar-refractivity contribution in [3.05, 3.63) is 57.2 Å². The first-order valence-electron chi connectivity index (χ1n) is 9.12. The van der Waals surface area contributed by atoms with Gasteiger partial charge in [-0.05, 0) is 65.1 Å². The Labute approximate surface area is 172 Å². The zero-order chi connectivity index (χ0) is 18.6. The van der Waals surface area contributed by atoms with Crippen LogP contribution in [0.2, 0.25) is 0 Å². The van der Waals surface area contributed by atoms with E-state index in [1.54, 1.807) is 12.1 Å². The quantitative estimate of drug-likeness (QED) is 0.465. The third-order valence-corrected chi connectivity index (χ3v) is 5.35. The maximum Gasteiger partial charge on any atom is 0.196 e. The molecular weight excluding hydrogens is 459 g/mol. The van der Waals surface area contributed by atoms with E-state index in [1.165, 1.54) is 0 Å². The first-order valence-corrected chi connectivity index (χ1v) is 10.2. The van der Waals surface area contributed by atoms with Crippen LogP contribution < -0.4 is 9.47 Å². The Morgan fingerprint density at radius 2 is 1.59 bits per heavy atom. The van der Waals surface area contributed by atoms with Gasteiger partial charge in [0.1, 0.15) is 23.7 Å². The highest BCUT2D eigenvalue weighted by Crippen LogP contribution is 2.27. The highest BCUT2D eigenvalue weighted by molar-refractivity contribution is 14.1. The molecule has 5 nitrogen and oxygen atoms in total. The first-order chi connectivity index (χ1) is 13.2. The van der Waals surface area contributed by atoms with Crippen molar-refractivity contribution in [2.75, 3.05) is 26.4 Å². The SMILES string of the molecule is O=C(c1ccc(O[C@H]2CCOC2)cc1)c1cc(I)ccc1O[C@@H]1CCOC1. The minimum Gasteiger partial charge on any atom is -0.488 e. The van der Waals surface area contributed by atoms with E-state index in [9.17, 15) is 4.79 Å². The van der Waals surface area contributed by atoms with E-state index in [0.717, 1.165) is 28.8 Å². The molecular formula is C21H21IO5. The van der Waals surface area contributed by atoms with E-state index in [2.05, 4.69) is 22.6 Å². The molecule has 2 aliphatic heterocycles. The maximum atomic E-state index is 13.1. The summed E-state index contributed by atoms with van der Waals surface area (Å²) < 4.78 is 23.6. The summed E-state index contributed by atoms with van der Waals surface area (Å²) in [6.45, 7) is 2.62. The van der Waals surface area contributed by atoms with Gasteiger partial charge in [0.2, 0.25) is 0 Å². The number of hydrogen-bond acceptors (Lipinski definition) is 5. The molecule has 142 valence electrons. The average Bonchev–Trinajstić information content (AvgIpc) is 3.37. The number of rotatable bonds is 6. The lowest BCUT2D eigenvalue weighted by molar-refractivity contribution is 0.102. The molecule has 2 aromatic carbocycles. The lowest BCUT2D eigenvalue weighted by atomic mass is 10.0. The molecule has 0 spiro atoms. The van der Waals surface area contributed by atoms with E-state index < -0.39 is 0 Å². The Bertz CT molecular complexity index is 793. The summed E-state index contributed by atoms with van der Waals surface area (Å²) in [5.74, 6) is 1.31. The van der Waals surface area contributed by atoms with E-state index in [1.807, 2.05) is 30.3 Å². The molecule has 0 bridgehead atoms. The van der Waals surface area contributed by atoms with Crippen LogP contribution >= 0.6 is 22.6 Å². The van der Waals surface area contributed by atoms with Gasteiger partial charge in [-0.1, -0.05) is 0 Å². The zero-order valence-electron chi connectivity index (χ0n) is 14.9. The van der Waals surface area contributed by atoms with Crippen LogP contribution in [0.3, 0.4) is 0 Å². The van der Waals surface area contributed by atoms with Crippen LogP contribution in [0.15, 0.2) is 42.5 Å². The smallest absolute Gasteiger partial charge is 0.196 e. The summed E-state index contributed by atoms with van der Waals surface area (Å²) >= 11 is 2.21. The predicted molar refractivity (Wildman–Crippen MR) is 109 cm³/mol. The number of halogens is 1. The van der Waals surface area contributed by atoms with Crippen LogP contribution in [0.1, 0.15) is 28.8 Å². The van der Waals surface area contributed by atoms with E-state index in [0.29, 0.717) is 36.7 Å². The first kappa shape index (κ1) is 18.7. The summed E-state index contributed by atoms with van der Waals surface area (Å²) in [5, 5.41) is 0. The van der Waals surface area contributed by atoms with E-state index in [4.69, 9.17) is 18.9 Å². The van der Waals surface area contributed by atoms with Gasteiger partial charge in [0.15, 0.2) is 5.78 Å². The van der Waals surface area contributed by atoms with Crippen LogP contribution in [0.25, 0.3) is 0 Å². The third kappa shape index (κ3) is 4.62. The molecule has 0 unspecified atom stereocenters. The standard InChI is InChI=1S/C21H21IO5/c22-15-3-6-20(27-18-8-10-25-13-18)19(11-15)21(23)14-1-4-16(5-2-14)26-17-7-9-24-12-17/h1-6,11,17-18H,7-10,12-13H2/t17-,18+/m0/s1. The molecule has 0 N–H and O–H groups in total. The Balaban J connectivity index is 1.51. The molecule has 0 aromatic heterocycles. The second-order valence-corrected chi connectivity index (χ2v) is 7.95. The van der Waals surface area contributed by atoms with Crippen molar-refractivity contribution in [2.45, 2.75) is 25.0 Å². The molecule has 0 saturated carbocycles. The summed E-state index contributed by atoms with van der Waals surface area (Å²) in [5.41, 5.74) is 1.19. The number of carbonyl (C=O) groups excluding carboxylic acids is 1. The second kappa shape index (κ2) is 8.58. The van der Waals surface area contributed by atoms with Gasteiger partial charge in [-0.3, -0.25) is 4.79 Å². The van der Waals surface area contributed by atoms with Crippen molar-refractivity contribution in [3.63, 3.8) is 0 Å². The summed E-state index contributed by atoms with van der Waals surface area (Å²) in [7, 11) is 0. The number of hydrogen-bond donors (Lipinski definition) is 0. The molecule has 0 radical (unpaired) electrons. The van der Waals surface area contributed by atoms with Gasteiger partial charge in [-0.25, -0.2) is 0 Å². The fraction of sp³-hybridized carbons (Fsp3) is 0.381. The molecule has 2 aliphatic rings. The Hall–Kier alpha value is -1.64. The minimum atomic E-state index is -0.0572.